The lowest BCUT2D eigenvalue weighted by Gasteiger charge is -2.09. The molecule has 104 valence electrons. The fourth-order valence-corrected chi connectivity index (χ4v) is 2.52. The first kappa shape index (κ1) is 15.2. The number of pyridine rings is 1. The normalized spacial score (nSPS) is 10.3. The minimum atomic E-state index is -0.412. The lowest BCUT2D eigenvalue weighted by atomic mass is 10.2. The molecule has 0 amide bonds. The smallest absolute Gasteiger partial charge is 0.274 e. The number of anilines is 1. The second-order valence-electron chi connectivity index (χ2n) is 3.88. The summed E-state index contributed by atoms with van der Waals surface area (Å²) >= 11 is 12.6. The van der Waals surface area contributed by atoms with Gasteiger partial charge in [0.05, 0.1) is 10.6 Å². The molecule has 1 aromatic heterocycles. The maximum absolute atomic E-state index is 11.0. The fourth-order valence-electron chi connectivity index (χ4n) is 1.61. The number of hydrogen-bond acceptors (Lipinski definition) is 4. The molecule has 0 saturated heterocycles. The molecule has 2 rings (SSSR count). The standard InChI is InChI=1S/C12H8Br2ClN3O2/c13-8-1-2-11(18(19)20)7(3-8)5-16-10-4-9(14)6-17-12(10)15/h1-4,6,16H,5H2. The summed E-state index contributed by atoms with van der Waals surface area (Å²) in [5.74, 6) is 0. The van der Waals surface area contributed by atoms with Gasteiger partial charge in [0.25, 0.3) is 5.69 Å². The number of hydrogen-bond donors (Lipinski definition) is 1. The number of nitrogens with zero attached hydrogens (tertiary/aromatic N) is 2. The van der Waals surface area contributed by atoms with Gasteiger partial charge in [-0.05, 0) is 34.1 Å². The Morgan fingerprint density at radius 1 is 1.30 bits per heavy atom. The quantitative estimate of drug-likeness (QED) is 0.438. The lowest BCUT2D eigenvalue weighted by molar-refractivity contribution is -0.385. The molecule has 20 heavy (non-hydrogen) atoms. The Balaban J connectivity index is 2.24. The van der Waals surface area contributed by atoms with E-state index in [0.717, 1.165) is 8.95 Å². The van der Waals surface area contributed by atoms with Crippen molar-refractivity contribution in [3.8, 4) is 0 Å². The van der Waals surface area contributed by atoms with Crippen LogP contribution in [0, 0.1) is 10.1 Å². The van der Waals surface area contributed by atoms with Crippen molar-refractivity contribution in [2.45, 2.75) is 6.54 Å². The van der Waals surface area contributed by atoms with E-state index in [1.807, 2.05) is 0 Å². The van der Waals surface area contributed by atoms with Crippen LogP contribution in [-0.2, 0) is 6.54 Å². The highest BCUT2D eigenvalue weighted by Gasteiger charge is 2.14. The molecule has 8 heteroatoms. The molecule has 2 aromatic rings. The Morgan fingerprint density at radius 2 is 2.05 bits per heavy atom. The molecule has 0 aliphatic rings. The topological polar surface area (TPSA) is 68.1 Å². The summed E-state index contributed by atoms with van der Waals surface area (Å²) in [5, 5.41) is 14.3. The zero-order valence-electron chi connectivity index (χ0n) is 9.94. The Morgan fingerprint density at radius 3 is 2.75 bits per heavy atom. The summed E-state index contributed by atoms with van der Waals surface area (Å²) in [4.78, 5) is 14.5. The number of halogens is 3. The van der Waals surface area contributed by atoms with Gasteiger partial charge in [-0.15, -0.1) is 0 Å². The number of benzene rings is 1. The van der Waals surface area contributed by atoms with Crippen LogP contribution in [0.15, 0.2) is 39.4 Å². The van der Waals surface area contributed by atoms with Crippen molar-refractivity contribution in [3.63, 3.8) is 0 Å². The summed E-state index contributed by atoms with van der Waals surface area (Å²) < 4.78 is 1.55. The van der Waals surface area contributed by atoms with Crippen molar-refractivity contribution < 1.29 is 4.92 Å². The van der Waals surface area contributed by atoms with Gasteiger partial charge in [-0.2, -0.15) is 0 Å². The number of nitrogens with one attached hydrogen (secondary N) is 1. The van der Waals surface area contributed by atoms with E-state index >= 15 is 0 Å². The van der Waals surface area contributed by atoms with E-state index in [1.165, 1.54) is 6.07 Å². The summed E-state index contributed by atoms with van der Waals surface area (Å²) in [5.41, 5.74) is 1.22. The molecular weight excluding hydrogens is 413 g/mol. The zero-order chi connectivity index (χ0) is 14.7. The van der Waals surface area contributed by atoms with Crippen LogP contribution >= 0.6 is 43.5 Å². The van der Waals surface area contributed by atoms with Crippen LogP contribution < -0.4 is 5.32 Å². The Bertz CT molecular complexity index is 667. The van der Waals surface area contributed by atoms with Crippen LogP contribution in [0.5, 0.6) is 0 Å². The van der Waals surface area contributed by atoms with Crippen molar-refractivity contribution >= 4 is 54.8 Å². The Kier molecular flexibility index (Phi) is 4.95. The zero-order valence-corrected chi connectivity index (χ0v) is 13.9. The maximum atomic E-state index is 11.0. The molecule has 0 unspecified atom stereocenters. The Hall–Kier alpha value is -1.18. The second-order valence-corrected chi connectivity index (χ2v) is 6.06. The van der Waals surface area contributed by atoms with E-state index in [0.29, 0.717) is 16.4 Å². The number of nitro benzene ring substituents is 1. The average Bonchev–Trinajstić information content (AvgIpc) is 2.39. The molecule has 0 bridgehead atoms. The molecule has 1 aromatic carbocycles. The van der Waals surface area contributed by atoms with Crippen LogP contribution in [0.3, 0.4) is 0 Å². The first-order chi connectivity index (χ1) is 9.47. The van der Waals surface area contributed by atoms with Crippen LogP contribution in [0.4, 0.5) is 11.4 Å². The summed E-state index contributed by atoms with van der Waals surface area (Å²) in [7, 11) is 0. The minimum absolute atomic E-state index is 0.0554. The van der Waals surface area contributed by atoms with Gasteiger partial charge < -0.3 is 5.32 Å². The molecule has 1 heterocycles. The molecule has 0 saturated carbocycles. The maximum Gasteiger partial charge on any atom is 0.274 e. The van der Waals surface area contributed by atoms with Crippen molar-refractivity contribution in [3.05, 3.63) is 60.2 Å². The van der Waals surface area contributed by atoms with Gasteiger partial charge in [0.15, 0.2) is 5.15 Å². The molecule has 0 atom stereocenters. The van der Waals surface area contributed by atoms with E-state index in [2.05, 4.69) is 42.2 Å². The first-order valence-corrected chi connectivity index (χ1v) is 7.41. The summed E-state index contributed by atoms with van der Waals surface area (Å²) in [6.07, 6.45) is 1.58. The predicted octanol–water partition coefficient (Wildman–Crippen LogP) is 4.78. The van der Waals surface area contributed by atoms with Crippen LogP contribution in [-0.4, -0.2) is 9.91 Å². The van der Waals surface area contributed by atoms with Gasteiger partial charge in [0, 0.05) is 33.3 Å². The minimum Gasteiger partial charge on any atom is -0.378 e. The van der Waals surface area contributed by atoms with Crippen molar-refractivity contribution in [1.82, 2.24) is 4.98 Å². The van der Waals surface area contributed by atoms with E-state index in [-0.39, 0.29) is 12.2 Å². The number of rotatable bonds is 4. The monoisotopic (exact) mass is 419 g/mol. The molecule has 0 aliphatic heterocycles. The average molecular weight is 421 g/mol. The largest absolute Gasteiger partial charge is 0.378 e. The van der Waals surface area contributed by atoms with Gasteiger partial charge in [0.1, 0.15) is 0 Å². The van der Waals surface area contributed by atoms with Gasteiger partial charge in [-0.25, -0.2) is 4.98 Å². The number of aromatic nitrogens is 1. The van der Waals surface area contributed by atoms with E-state index < -0.39 is 4.92 Å². The highest BCUT2D eigenvalue weighted by molar-refractivity contribution is 9.10. The van der Waals surface area contributed by atoms with Gasteiger partial charge in [-0.3, -0.25) is 10.1 Å². The highest BCUT2D eigenvalue weighted by Crippen LogP contribution is 2.27. The first-order valence-electron chi connectivity index (χ1n) is 5.45. The summed E-state index contributed by atoms with van der Waals surface area (Å²) in [6, 6.07) is 6.56. The third kappa shape index (κ3) is 3.68. The highest BCUT2D eigenvalue weighted by atomic mass is 79.9. The molecule has 0 fully saturated rings. The number of nitro groups is 1. The van der Waals surface area contributed by atoms with Gasteiger partial charge in [0.2, 0.25) is 0 Å². The molecular formula is C12H8Br2ClN3O2. The third-order valence-electron chi connectivity index (χ3n) is 2.51. The second kappa shape index (κ2) is 6.51. The van der Waals surface area contributed by atoms with Crippen LogP contribution in [0.25, 0.3) is 0 Å². The molecule has 0 spiro atoms. The third-order valence-corrected chi connectivity index (χ3v) is 3.74. The Labute approximate surface area is 136 Å². The SMILES string of the molecule is O=[N+]([O-])c1ccc(Br)cc1CNc1cc(Br)cnc1Cl. The summed E-state index contributed by atoms with van der Waals surface area (Å²) in [6.45, 7) is 0.271. The van der Waals surface area contributed by atoms with Crippen molar-refractivity contribution in [2.24, 2.45) is 0 Å². The van der Waals surface area contributed by atoms with Gasteiger partial charge >= 0.3 is 0 Å². The molecule has 5 nitrogen and oxygen atoms in total. The molecule has 0 radical (unpaired) electrons. The lowest BCUT2D eigenvalue weighted by Crippen LogP contribution is -2.04. The molecule has 0 aliphatic carbocycles. The van der Waals surface area contributed by atoms with Gasteiger partial charge in [-0.1, -0.05) is 27.5 Å². The van der Waals surface area contributed by atoms with E-state index in [9.17, 15) is 10.1 Å². The van der Waals surface area contributed by atoms with E-state index in [1.54, 1.807) is 24.4 Å². The van der Waals surface area contributed by atoms with Crippen molar-refractivity contribution in [1.29, 1.82) is 0 Å². The van der Waals surface area contributed by atoms with Crippen LogP contribution in [0.2, 0.25) is 5.15 Å². The van der Waals surface area contributed by atoms with Crippen LogP contribution in [0.1, 0.15) is 5.56 Å². The van der Waals surface area contributed by atoms with Crippen molar-refractivity contribution in [2.75, 3.05) is 5.32 Å². The molecule has 1 N–H and O–H groups in total. The fraction of sp³-hybridized carbons (Fsp3) is 0.0833. The van der Waals surface area contributed by atoms with E-state index in [4.69, 9.17) is 11.6 Å². The predicted molar refractivity (Wildman–Crippen MR) is 85.1 cm³/mol.